The van der Waals surface area contributed by atoms with E-state index in [1.165, 1.54) is 19.1 Å². The molecule has 1 aromatic heterocycles. The quantitative estimate of drug-likeness (QED) is 0.853. The van der Waals surface area contributed by atoms with E-state index in [2.05, 4.69) is 10.1 Å². The molecule has 7 heteroatoms. The molecular weight excluding hydrogens is 337 g/mol. The molecule has 6 nitrogen and oxygen atoms in total. The molecule has 0 aliphatic carbocycles. The van der Waals surface area contributed by atoms with Gasteiger partial charge in [-0.3, -0.25) is 4.79 Å². The molecule has 1 fully saturated rings. The van der Waals surface area contributed by atoms with E-state index in [1.54, 1.807) is 11.0 Å². The van der Waals surface area contributed by atoms with Gasteiger partial charge in [-0.1, -0.05) is 5.16 Å². The van der Waals surface area contributed by atoms with Gasteiger partial charge in [0.25, 0.3) is 5.91 Å². The molecular formula is C19H26FN3O3. The molecule has 1 amide bonds. The Labute approximate surface area is 152 Å². The third-order valence-electron chi connectivity index (χ3n) is 5.17. The molecule has 2 heterocycles. The van der Waals surface area contributed by atoms with Gasteiger partial charge in [0.2, 0.25) is 0 Å². The molecule has 0 radical (unpaired) electrons. The van der Waals surface area contributed by atoms with Crippen molar-refractivity contribution < 1.29 is 18.8 Å². The topological polar surface area (TPSA) is 69.8 Å². The van der Waals surface area contributed by atoms with Crippen LogP contribution in [0.25, 0.3) is 11.0 Å². The smallest absolute Gasteiger partial charge is 0.251 e. The Balaban J connectivity index is 1.55. The molecule has 142 valence electrons. The fraction of sp³-hybridized carbons (Fsp3) is 0.579. The fourth-order valence-corrected chi connectivity index (χ4v) is 3.60. The van der Waals surface area contributed by atoms with Gasteiger partial charge in [0.15, 0.2) is 5.58 Å². The lowest BCUT2D eigenvalue weighted by Crippen LogP contribution is -2.44. The van der Waals surface area contributed by atoms with E-state index >= 15 is 0 Å². The molecule has 1 saturated heterocycles. The normalized spacial score (nSPS) is 17.5. The number of likely N-dealkylation sites (N-methyl/N-ethyl adjacent to an activating group) is 1. The van der Waals surface area contributed by atoms with Crippen molar-refractivity contribution >= 4 is 16.9 Å². The number of fused-ring (bicyclic) bond motifs is 1. The number of likely N-dealkylation sites (tertiary alicyclic amines) is 1. The highest BCUT2D eigenvalue weighted by molar-refractivity contribution is 5.80. The minimum Gasteiger partial charge on any atom is -0.384 e. The first-order valence-corrected chi connectivity index (χ1v) is 9.23. The number of benzene rings is 1. The number of nitrogens with zero attached hydrogens (tertiary/aromatic N) is 3. The second-order valence-corrected chi connectivity index (χ2v) is 6.92. The van der Waals surface area contributed by atoms with Crippen molar-refractivity contribution in [2.24, 2.45) is 0 Å². The summed E-state index contributed by atoms with van der Waals surface area (Å²) in [4.78, 5) is 15.9. The molecule has 0 spiro atoms. The fourth-order valence-electron chi connectivity index (χ4n) is 3.60. The van der Waals surface area contributed by atoms with Crippen LogP contribution in [0.3, 0.4) is 0 Å². The number of carbonyl (C=O) groups is 1. The van der Waals surface area contributed by atoms with E-state index in [9.17, 15) is 14.3 Å². The summed E-state index contributed by atoms with van der Waals surface area (Å²) in [6, 6.07) is 4.50. The highest BCUT2D eigenvalue weighted by Gasteiger charge is 2.26. The molecule has 3 rings (SSSR count). The predicted octanol–water partition coefficient (Wildman–Crippen LogP) is 2.38. The molecule has 1 aliphatic rings. The standard InChI is InChI=1S/C19H26FN3O3/c1-3-23(19(25)13(2)24)11-10-22-8-6-14(7-9-22)18-16-12-15(20)4-5-17(16)26-21-18/h4-5,12-14,24H,3,6-11H2,1-2H3/t13-/m0/s1. The number of piperidine rings is 1. The van der Waals surface area contributed by atoms with Crippen molar-refractivity contribution in [1.29, 1.82) is 0 Å². The van der Waals surface area contributed by atoms with E-state index < -0.39 is 6.10 Å². The van der Waals surface area contributed by atoms with Crippen LogP contribution in [-0.4, -0.2) is 64.8 Å². The van der Waals surface area contributed by atoms with Crippen molar-refractivity contribution in [3.8, 4) is 0 Å². The summed E-state index contributed by atoms with van der Waals surface area (Å²) in [5.41, 5.74) is 1.47. The number of amides is 1. The zero-order valence-electron chi connectivity index (χ0n) is 15.3. The maximum atomic E-state index is 13.5. The lowest BCUT2D eigenvalue weighted by atomic mass is 9.91. The van der Waals surface area contributed by atoms with Crippen LogP contribution in [0.1, 0.15) is 38.3 Å². The number of hydrogen-bond acceptors (Lipinski definition) is 5. The lowest BCUT2D eigenvalue weighted by Gasteiger charge is -2.33. The number of aliphatic hydroxyl groups is 1. The van der Waals surface area contributed by atoms with Crippen LogP contribution in [0.5, 0.6) is 0 Å². The van der Waals surface area contributed by atoms with Crippen LogP contribution in [0.15, 0.2) is 22.7 Å². The van der Waals surface area contributed by atoms with Crippen LogP contribution < -0.4 is 0 Å². The van der Waals surface area contributed by atoms with E-state index in [4.69, 9.17) is 4.52 Å². The molecule has 0 bridgehead atoms. The van der Waals surface area contributed by atoms with Crippen molar-refractivity contribution in [3.63, 3.8) is 0 Å². The van der Waals surface area contributed by atoms with Gasteiger partial charge in [-0.05, 0) is 58.0 Å². The van der Waals surface area contributed by atoms with E-state index in [0.717, 1.165) is 43.6 Å². The van der Waals surface area contributed by atoms with Crippen LogP contribution in [0.2, 0.25) is 0 Å². The summed E-state index contributed by atoms with van der Waals surface area (Å²) in [6.07, 6.45) is 0.894. The maximum Gasteiger partial charge on any atom is 0.251 e. The van der Waals surface area contributed by atoms with Crippen LogP contribution in [-0.2, 0) is 4.79 Å². The molecule has 1 aromatic carbocycles. The lowest BCUT2D eigenvalue weighted by molar-refractivity contribution is -0.139. The van der Waals surface area contributed by atoms with Crippen LogP contribution in [0, 0.1) is 5.82 Å². The van der Waals surface area contributed by atoms with Crippen molar-refractivity contribution in [2.45, 2.75) is 38.7 Å². The van der Waals surface area contributed by atoms with E-state index in [-0.39, 0.29) is 17.6 Å². The molecule has 26 heavy (non-hydrogen) atoms. The Morgan fingerprint density at radius 2 is 2.19 bits per heavy atom. The number of hydrogen-bond donors (Lipinski definition) is 1. The molecule has 1 atom stereocenters. The molecule has 0 saturated carbocycles. The number of halogens is 1. The minimum absolute atomic E-state index is 0.224. The van der Waals surface area contributed by atoms with Gasteiger partial charge in [-0.2, -0.15) is 0 Å². The Morgan fingerprint density at radius 3 is 2.85 bits per heavy atom. The Morgan fingerprint density at radius 1 is 1.46 bits per heavy atom. The number of rotatable bonds is 6. The molecule has 1 aliphatic heterocycles. The van der Waals surface area contributed by atoms with Crippen LogP contribution in [0.4, 0.5) is 4.39 Å². The Bertz CT molecular complexity index is 754. The highest BCUT2D eigenvalue weighted by Crippen LogP contribution is 2.32. The maximum absolute atomic E-state index is 13.5. The monoisotopic (exact) mass is 363 g/mol. The highest BCUT2D eigenvalue weighted by atomic mass is 19.1. The predicted molar refractivity (Wildman–Crippen MR) is 96.3 cm³/mol. The average Bonchev–Trinajstić information content (AvgIpc) is 3.05. The number of aliphatic hydroxyl groups excluding tert-OH is 1. The summed E-state index contributed by atoms with van der Waals surface area (Å²) >= 11 is 0. The first kappa shape index (κ1) is 18.8. The third-order valence-corrected chi connectivity index (χ3v) is 5.17. The van der Waals surface area contributed by atoms with Crippen molar-refractivity contribution in [1.82, 2.24) is 15.0 Å². The Kier molecular flexibility index (Phi) is 5.88. The summed E-state index contributed by atoms with van der Waals surface area (Å²) in [5, 5.41) is 14.4. The van der Waals surface area contributed by atoms with E-state index in [1.807, 2.05) is 6.92 Å². The summed E-state index contributed by atoms with van der Waals surface area (Å²) in [5.74, 6) is -0.240. The van der Waals surface area contributed by atoms with Gasteiger partial charge >= 0.3 is 0 Å². The Hall–Kier alpha value is -1.99. The van der Waals surface area contributed by atoms with Gasteiger partial charge in [-0.25, -0.2) is 4.39 Å². The van der Waals surface area contributed by atoms with Gasteiger partial charge in [0.05, 0.1) is 5.69 Å². The summed E-state index contributed by atoms with van der Waals surface area (Å²) in [7, 11) is 0. The van der Waals surface area contributed by atoms with Crippen LogP contribution >= 0.6 is 0 Å². The zero-order chi connectivity index (χ0) is 18.7. The second-order valence-electron chi connectivity index (χ2n) is 6.92. The molecule has 2 aromatic rings. The second kappa shape index (κ2) is 8.14. The summed E-state index contributed by atoms with van der Waals surface area (Å²) in [6.45, 7) is 7.21. The van der Waals surface area contributed by atoms with Gasteiger partial charge in [0.1, 0.15) is 11.9 Å². The third kappa shape index (κ3) is 4.04. The number of aromatic nitrogens is 1. The average molecular weight is 363 g/mol. The van der Waals surface area contributed by atoms with Crippen molar-refractivity contribution in [3.05, 3.63) is 29.7 Å². The SMILES string of the molecule is CCN(CCN1CCC(c2noc3ccc(F)cc23)CC1)C(=O)[C@H](C)O. The van der Waals surface area contributed by atoms with E-state index in [0.29, 0.717) is 18.7 Å². The van der Waals surface area contributed by atoms with Crippen molar-refractivity contribution in [2.75, 3.05) is 32.7 Å². The minimum atomic E-state index is -0.957. The van der Waals surface area contributed by atoms with Gasteiger partial charge in [-0.15, -0.1) is 0 Å². The molecule has 0 unspecified atom stereocenters. The zero-order valence-corrected chi connectivity index (χ0v) is 15.3. The number of carbonyl (C=O) groups excluding carboxylic acids is 1. The first-order chi connectivity index (χ1) is 12.5. The first-order valence-electron chi connectivity index (χ1n) is 9.23. The summed E-state index contributed by atoms with van der Waals surface area (Å²) < 4.78 is 18.9. The van der Waals surface area contributed by atoms with Gasteiger partial charge in [0, 0.05) is 30.9 Å². The largest absolute Gasteiger partial charge is 0.384 e. The van der Waals surface area contributed by atoms with Gasteiger partial charge < -0.3 is 19.4 Å². The molecule has 1 N–H and O–H groups in total.